The van der Waals surface area contributed by atoms with Gasteiger partial charge in [0.05, 0.1) is 13.2 Å². The maximum absolute atomic E-state index is 12.3. The molecule has 1 aliphatic rings. The molecule has 1 N–H and O–H groups in total. The van der Waals surface area contributed by atoms with Gasteiger partial charge in [-0.3, -0.25) is 9.89 Å². The Morgan fingerprint density at radius 3 is 3.09 bits per heavy atom. The fraction of sp³-hybridized carbons (Fsp3) is 0.615. The summed E-state index contributed by atoms with van der Waals surface area (Å²) >= 11 is 0. The zero-order valence-corrected chi connectivity index (χ0v) is 12.6. The second kappa shape index (κ2) is 6.22. The molecular formula is C13H19N7O2. The van der Waals surface area contributed by atoms with E-state index in [0.29, 0.717) is 25.5 Å². The number of aromatic nitrogens is 6. The standard InChI is InChI=1S/C13H19N7O2/c1-9(2)12-16-13(18-17-12)10-5-19(3-4-22-10)11(21)6-20-8-14-7-15-20/h7-10H,3-6H2,1-2H3,(H,16,17,18). The van der Waals surface area contributed by atoms with E-state index in [2.05, 4.69) is 25.3 Å². The van der Waals surface area contributed by atoms with Crippen LogP contribution in [0.4, 0.5) is 0 Å². The van der Waals surface area contributed by atoms with Crippen LogP contribution in [0.5, 0.6) is 0 Å². The van der Waals surface area contributed by atoms with Crippen LogP contribution in [0.15, 0.2) is 12.7 Å². The van der Waals surface area contributed by atoms with E-state index < -0.39 is 0 Å². The van der Waals surface area contributed by atoms with Gasteiger partial charge in [-0.1, -0.05) is 13.8 Å². The Morgan fingerprint density at radius 1 is 1.55 bits per heavy atom. The fourth-order valence-corrected chi connectivity index (χ4v) is 2.28. The molecule has 3 heterocycles. The summed E-state index contributed by atoms with van der Waals surface area (Å²) in [7, 11) is 0. The van der Waals surface area contributed by atoms with Crippen LogP contribution in [0, 0.1) is 0 Å². The van der Waals surface area contributed by atoms with Crippen molar-refractivity contribution in [3.63, 3.8) is 0 Å². The van der Waals surface area contributed by atoms with Gasteiger partial charge >= 0.3 is 0 Å². The van der Waals surface area contributed by atoms with Crippen molar-refractivity contribution in [2.45, 2.75) is 32.4 Å². The number of H-pyrrole nitrogens is 1. The van der Waals surface area contributed by atoms with Crippen LogP contribution in [-0.2, 0) is 16.1 Å². The first-order valence-corrected chi connectivity index (χ1v) is 7.27. The molecule has 0 aliphatic carbocycles. The predicted octanol–water partition coefficient (Wildman–Crippen LogP) is 0.120. The lowest BCUT2D eigenvalue weighted by Gasteiger charge is -2.31. The van der Waals surface area contributed by atoms with E-state index in [1.807, 2.05) is 13.8 Å². The topological polar surface area (TPSA) is 102 Å². The van der Waals surface area contributed by atoms with Gasteiger partial charge in [0.15, 0.2) is 11.6 Å². The number of hydrogen-bond donors (Lipinski definition) is 1. The van der Waals surface area contributed by atoms with E-state index in [-0.39, 0.29) is 24.5 Å². The Bertz CT molecular complexity index is 622. The molecule has 0 aromatic carbocycles. The van der Waals surface area contributed by atoms with Crippen molar-refractivity contribution < 1.29 is 9.53 Å². The minimum Gasteiger partial charge on any atom is -0.367 e. The Labute approximate surface area is 127 Å². The number of nitrogens with zero attached hydrogens (tertiary/aromatic N) is 6. The van der Waals surface area contributed by atoms with Crippen molar-refractivity contribution in [3.8, 4) is 0 Å². The maximum Gasteiger partial charge on any atom is 0.244 e. The quantitative estimate of drug-likeness (QED) is 0.861. The number of carbonyl (C=O) groups is 1. The number of aromatic amines is 1. The highest BCUT2D eigenvalue weighted by molar-refractivity contribution is 5.76. The van der Waals surface area contributed by atoms with Crippen LogP contribution < -0.4 is 0 Å². The fourth-order valence-electron chi connectivity index (χ4n) is 2.28. The van der Waals surface area contributed by atoms with Gasteiger partial charge in [0.2, 0.25) is 5.91 Å². The first-order valence-electron chi connectivity index (χ1n) is 7.27. The smallest absolute Gasteiger partial charge is 0.244 e. The van der Waals surface area contributed by atoms with Crippen molar-refractivity contribution >= 4 is 5.91 Å². The van der Waals surface area contributed by atoms with Gasteiger partial charge < -0.3 is 9.64 Å². The molecule has 0 bridgehead atoms. The zero-order valence-electron chi connectivity index (χ0n) is 12.6. The molecule has 0 spiro atoms. The van der Waals surface area contributed by atoms with Crippen molar-refractivity contribution in [3.05, 3.63) is 24.3 Å². The number of hydrogen-bond acceptors (Lipinski definition) is 6. The van der Waals surface area contributed by atoms with Gasteiger partial charge in [-0.25, -0.2) is 14.6 Å². The predicted molar refractivity (Wildman–Crippen MR) is 75.8 cm³/mol. The first-order chi connectivity index (χ1) is 10.6. The molecule has 1 unspecified atom stereocenters. The average Bonchev–Trinajstić information content (AvgIpc) is 3.18. The molecule has 0 saturated carbocycles. The highest BCUT2D eigenvalue weighted by atomic mass is 16.5. The monoisotopic (exact) mass is 305 g/mol. The largest absolute Gasteiger partial charge is 0.367 e. The lowest BCUT2D eigenvalue weighted by atomic mass is 10.2. The van der Waals surface area contributed by atoms with Gasteiger partial charge in [-0.05, 0) is 0 Å². The molecule has 2 aromatic rings. The molecule has 1 fully saturated rings. The highest BCUT2D eigenvalue weighted by Crippen LogP contribution is 2.20. The minimum absolute atomic E-state index is 0.0117. The molecule has 118 valence electrons. The summed E-state index contributed by atoms with van der Waals surface area (Å²) in [6, 6.07) is 0. The van der Waals surface area contributed by atoms with Crippen LogP contribution in [0.2, 0.25) is 0 Å². The maximum atomic E-state index is 12.3. The summed E-state index contributed by atoms with van der Waals surface area (Å²) in [4.78, 5) is 22.3. The zero-order chi connectivity index (χ0) is 15.5. The van der Waals surface area contributed by atoms with Crippen LogP contribution in [-0.4, -0.2) is 60.4 Å². The third kappa shape index (κ3) is 3.14. The number of amides is 1. The Balaban J connectivity index is 1.64. The molecule has 9 heteroatoms. The number of rotatable bonds is 4. The molecule has 1 atom stereocenters. The van der Waals surface area contributed by atoms with Gasteiger partial charge in [0, 0.05) is 12.5 Å². The lowest BCUT2D eigenvalue weighted by Crippen LogP contribution is -2.44. The molecule has 2 aromatic heterocycles. The average molecular weight is 305 g/mol. The molecule has 1 amide bonds. The number of carbonyl (C=O) groups excluding carboxylic acids is 1. The van der Waals surface area contributed by atoms with E-state index in [0.717, 1.165) is 5.82 Å². The summed E-state index contributed by atoms with van der Waals surface area (Å²) in [6.45, 7) is 5.74. The Hall–Kier alpha value is -2.29. The van der Waals surface area contributed by atoms with Gasteiger partial charge in [0.25, 0.3) is 0 Å². The molecular weight excluding hydrogens is 286 g/mol. The molecule has 1 aliphatic heterocycles. The summed E-state index contributed by atoms with van der Waals surface area (Å²) in [6.07, 6.45) is 2.67. The number of nitrogens with one attached hydrogen (secondary N) is 1. The lowest BCUT2D eigenvalue weighted by molar-refractivity contribution is -0.140. The second-order valence-corrected chi connectivity index (χ2v) is 5.53. The normalized spacial score (nSPS) is 18.9. The Kier molecular flexibility index (Phi) is 4.14. The van der Waals surface area contributed by atoms with Crippen molar-refractivity contribution in [2.75, 3.05) is 19.7 Å². The third-order valence-electron chi connectivity index (χ3n) is 3.52. The van der Waals surface area contributed by atoms with E-state index in [4.69, 9.17) is 4.74 Å². The van der Waals surface area contributed by atoms with E-state index in [9.17, 15) is 4.79 Å². The van der Waals surface area contributed by atoms with Crippen molar-refractivity contribution in [1.82, 2.24) is 34.8 Å². The van der Waals surface area contributed by atoms with Crippen LogP contribution >= 0.6 is 0 Å². The summed E-state index contributed by atoms with van der Waals surface area (Å²) in [5.74, 6) is 1.66. The number of morpholine rings is 1. The second-order valence-electron chi connectivity index (χ2n) is 5.53. The SMILES string of the molecule is CC(C)c1n[nH]c(C2CN(C(=O)Cn3cncn3)CCO2)n1. The van der Waals surface area contributed by atoms with E-state index in [1.54, 1.807) is 4.90 Å². The summed E-state index contributed by atoms with van der Waals surface area (Å²) in [5.41, 5.74) is 0. The van der Waals surface area contributed by atoms with E-state index >= 15 is 0 Å². The minimum atomic E-state index is -0.270. The van der Waals surface area contributed by atoms with Crippen LogP contribution in [0.1, 0.15) is 37.5 Å². The third-order valence-corrected chi connectivity index (χ3v) is 3.52. The van der Waals surface area contributed by atoms with Crippen molar-refractivity contribution in [1.29, 1.82) is 0 Å². The van der Waals surface area contributed by atoms with Crippen LogP contribution in [0.3, 0.4) is 0 Å². The highest BCUT2D eigenvalue weighted by Gasteiger charge is 2.28. The Morgan fingerprint density at radius 2 is 2.41 bits per heavy atom. The number of ether oxygens (including phenoxy) is 1. The van der Waals surface area contributed by atoms with E-state index in [1.165, 1.54) is 17.3 Å². The molecule has 0 radical (unpaired) electrons. The summed E-state index contributed by atoms with van der Waals surface area (Å²) in [5, 5.41) is 11.0. The van der Waals surface area contributed by atoms with Gasteiger partial charge in [-0.2, -0.15) is 10.2 Å². The summed E-state index contributed by atoms with van der Waals surface area (Å²) < 4.78 is 7.22. The molecule has 9 nitrogen and oxygen atoms in total. The van der Waals surface area contributed by atoms with Gasteiger partial charge in [0.1, 0.15) is 25.3 Å². The molecule has 22 heavy (non-hydrogen) atoms. The van der Waals surface area contributed by atoms with Crippen LogP contribution in [0.25, 0.3) is 0 Å². The molecule has 1 saturated heterocycles. The van der Waals surface area contributed by atoms with Gasteiger partial charge in [-0.15, -0.1) is 0 Å². The molecule has 3 rings (SSSR count). The van der Waals surface area contributed by atoms with Crippen molar-refractivity contribution in [2.24, 2.45) is 0 Å². The first kappa shape index (κ1) is 14.6.